The van der Waals surface area contributed by atoms with Gasteiger partial charge in [0.15, 0.2) is 0 Å². The molecule has 0 aliphatic carbocycles. The van der Waals surface area contributed by atoms with Crippen molar-refractivity contribution in [2.75, 3.05) is 17.2 Å². The first-order valence-corrected chi connectivity index (χ1v) is 21.1. The summed E-state index contributed by atoms with van der Waals surface area (Å²) in [7, 11) is 0. The van der Waals surface area contributed by atoms with E-state index in [-0.39, 0.29) is 11.6 Å². The molecule has 0 saturated carbocycles. The minimum Gasteiger partial charge on any atom is -0.489 e. The van der Waals surface area contributed by atoms with E-state index in [0.29, 0.717) is 46.2 Å². The summed E-state index contributed by atoms with van der Waals surface area (Å²) >= 11 is 2.87. The Balaban J connectivity index is 1.02. The van der Waals surface area contributed by atoms with Crippen molar-refractivity contribution in [3.63, 3.8) is 0 Å². The Labute approximate surface area is 352 Å². The normalized spacial score (nSPS) is 13.1. The number of amides is 3. The molecule has 11 heteroatoms. The Kier molecular flexibility index (Phi) is 13.7. The molecule has 0 fully saturated rings. The molecule has 1 unspecified atom stereocenters. The van der Waals surface area contributed by atoms with E-state index in [2.05, 4.69) is 39.1 Å². The van der Waals surface area contributed by atoms with E-state index in [1.54, 1.807) is 42.5 Å². The van der Waals surface area contributed by atoms with Gasteiger partial charge in [-0.2, -0.15) is 5.26 Å². The zero-order chi connectivity index (χ0) is 41.0. The lowest BCUT2D eigenvalue weighted by molar-refractivity contribution is -0.116. The molecule has 1 aliphatic heterocycles. The fourth-order valence-corrected chi connectivity index (χ4v) is 8.93. The highest BCUT2D eigenvalue weighted by molar-refractivity contribution is 8.00. The Morgan fingerprint density at radius 2 is 1.56 bits per heavy atom. The monoisotopic (exact) mass is 817 g/mol. The summed E-state index contributed by atoms with van der Waals surface area (Å²) in [5.41, 5.74) is 5.52. The lowest BCUT2D eigenvalue weighted by atomic mass is 10.0. The molecular formula is C48H43N5O4S2. The van der Waals surface area contributed by atoms with Crippen molar-refractivity contribution in [2.45, 2.75) is 49.6 Å². The molecule has 1 aromatic heterocycles. The van der Waals surface area contributed by atoms with Crippen LogP contribution in [-0.2, 0) is 35.7 Å². The van der Waals surface area contributed by atoms with Crippen molar-refractivity contribution in [2.24, 2.45) is 0 Å². The zero-order valence-electron chi connectivity index (χ0n) is 32.5. The summed E-state index contributed by atoms with van der Waals surface area (Å²) in [5, 5.41) is 19.1. The molecule has 3 amide bonds. The third kappa shape index (κ3) is 10.9. The summed E-state index contributed by atoms with van der Waals surface area (Å²) < 4.78 is 5.93. The van der Waals surface area contributed by atoms with Crippen LogP contribution in [0.25, 0.3) is 6.08 Å². The van der Waals surface area contributed by atoms with Gasteiger partial charge >= 0.3 is 0 Å². The van der Waals surface area contributed by atoms with Crippen molar-refractivity contribution < 1.29 is 19.1 Å². The molecule has 7 rings (SSSR count). The van der Waals surface area contributed by atoms with Gasteiger partial charge in [-0.3, -0.25) is 19.3 Å². The molecule has 2 heterocycles. The first kappa shape index (κ1) is 40.7. The molecule has 5 aromatic carbocycles. The number of thiophene rings is 1. The Morgan fingerprint density at radius 3 is 2.25 bits per heavy atom. The smallest absolute Gasteiger partial charge is 0.272 e. The largest absolute Gasteiger partial charge is 0.489 e. The standard InChI is InChI=1S/C48H43N5O4S2/c1-2-43(47(56)52-48-41(29-49)40-25-26-53(31-44(40)59-48)30-34-13-6-3-7-14-34)58-39-20-12-19-37(28-39)50-46(55)42(51-45(54)36-17-10-5-11-18-36)27-33-21-23-38(24-22-33)57-32-35-15-8-4-9-16-35/h3-24,27-28,43H,2,25-26,30-32H2,1H3,(H,50,55)(H,51,54)(H,52,56)/b42-27+. The second-order valence-corrected chi connectivity index (χ2v) is 16.4. The van der Waals surface area contributed by atoms with Crippen LogP contribution in [0.3, 0.4) is 0 Å². The van der Waals surface area contributed by atoms with Gasteiger partial charge in [0.1, 0.15) is 29.1 Å². The third-order valence-corrected chi connectivity index (χ3v) is 12.2. The van der Waals surface area contributed by atoms with E-state index >= 15 is 0 Å². The van der Waals surface area contributed by atoms with Gasteiger partial charge in [0.25, 0.3) is 11.8 Å². The minimum atomic E-state index is -0.515. The van der Waals surface area contributed by atoms with Crippen LogP contribution in [0.2, 0.25) is 0 Å². The highest BCUT2D eigenvalue weighted by atomic mass is 32.2. The lowest BCUT2D eigenvalue weighted by Gasteiger charge is -2.26. The highest BCUT2D eigenvalue weighted by Gasteiger charge is 2.27. The topological polar surface area (TPSA) is 124 Å². The van der Waals surface area contributed by atoms with Gasteiger partial charge in [0.2, 0.25) is 5.91 Å². The zero-order valence-corrected chi connectivity index (χ0v) is 34.2. The molecule has 296 valence electrons. The fourth-order valence-electron chi connectivity index (χ4n) is 6.67. The van der Waals surface area contributed by atoms with Crippen molar-refractivity contribution in [1.29, 1.82) is 5.26 Å². The number of nitrogens with one attached hydrogen (secondary N) is 3. The first-order valence-electron chi connectivity index (χ1n) is 19.4. The molecule has 1 atom stereocenters. The predicted octanol–water partition coefficient (Wildman–Crippen LogP) is 9.68. The maximum Gasteiger partial charge on any atom is 0.272 e. The number of benzene rings is 5. The van der Waals surface area contributed by atoms with Crippen molar-refractivity contribution in [3.05, 3.63) is 183 Å². The second-order valence-electron chi connectivity index (χ2n) is 14.0. The predicted molar refractivity (Wildman–Crippen MR) is 236 cm³/mol. The average Bonchev–Trinajstić information content (AvgIpc) is 3.61. The summed E-state index contributed by atoms with van der Waals surface area (Å²) in [6, 6.07) is 45.8. The molecule has 0 spiro atoms. The average molecular weight is 818 g/mol. The number of ether oxygens (including phenoxy) is 1. The summed E-state index contributed by atoms with van der Waals surface area (Å²) in [5.74, 6) is -0.455. The number of carbonyl (C=O) groups excluding carboxylic acids is 3. The van der Waals surface area contributed by atoms with Gasteiger partial charge in [-0.1, -0.05) is 104 Å². The van der Waals surface area contributed by atoms with Gasteiger partial charge in [0, 0.05) is 40.7 Å². The maximum absolute atomic E-state index is 13.8. The van der Waals surface area contributed by atoms with Crippen LogP contribution >= 0.6 is 23.1 Å². The van der Waals surface area contributed by atoms with Gasteiger partial charge in [0.05, 0.1) is 10.8 Å². The van der Waals surface area contributed by atoms with Crippen LogP contribution in [0.5, 0.6) is 5.75 Å². The van der Waals surface area contributed by atoms with Gasteiger partial charge in [-0.25, -0.2) is 0 Å². The molecule has 0 radical (unpaired) electrons. The Morgan fingerprint density at radius 1 is 0.864 bits per heavy atom. The summed E-state index contributed by atoms with van der Waals surface area (Å²) in [6.45, 7) is 4.77. The van der Waals surface area contributed by atoms with Crippen molar-refractivity contribution in [3.8, 4) is 11.8 Å². The lowest BCUT2D eigenvalue weighted by Crippen LogP contribution is -2.30. The fraction of sp³-hybridized carbons (Fsp3) is 0.167. The van der Waals surface area contributed by atoms with Crippen molar-refractivity contribution >= 4 is 57.6 Å². The van der Waals surface area contributed by atoms with Crippen LogP contribution in [0.1, 0.15) is 56.4 Å². The highest BCUT2D eigenvalue weighted by Crippen LogP contribution is 2.38. The number of thioether (sulfide) groups is 1. The first-order chi connectivity index (χ1) is 28.8. The van der Waals surface area contributed by atoms with Crippen LogP contribution in [0.4, 0.5) is 10.7 Å². The van der Waals surface area contributed by atoms with E-state index in [1.807, 2.05) is 97.9 Å². The molecule has 9 nitrogen and oxygen atoms in total. The Hall–Kier alpha value is -6.45. The number of nitrogens with zero attached hydrogens (tertiary/aromatic N) is 2. The number of fused-ring (bicyclic) bond motifs is 1. The second kappa shape index (κ2) is 19.8. The Bertz CT molecular complexity index is 2460. The van der Waals surface area contributed by atoms with E-state index in [9.17, 15) is 19.6 Å². The molecule has 6 aromatic rings. The number of carbonyl (C=O) groups is 3. The van der Waals surface area contributed by atoms with Crippen LogP contribution < -0.4 is 20.7 Å². The third-order valence-electron chi connectivity index (χ3n) is 9.74. The van der Waals surface area contributed by atoms with E-state index in [1.165, 1.54) is 28.7 Å². The SMILES string of the molecule is CCC(Sc1cccc(NC(=O)/C(=C\c2ccc(OCc3ccccc3)cc2)NC(=O)c2ccccc2)c1)C(=O)Nc1sc2c(c1C#N)CCN(Cc1ccccc1)C2. The molecule has 0 bridgehead atoms. The number of nitriles is 1. The number of anilines is 2. The van der Waals surface area contributed by atoms with Crippen LogP contribution in [-0.4, -0.2) is 34.4 Å². The van der Waals surface area contributed by atoms with Crippen LogP contribution in [0, 0.1) is 11.3 Å². The number of hydrogen-bond donors (Lipinski definition) is 3. The van der Waals surface area contributed by atoms with E-state index in [0.717, 1.165) is 47.0 Å². The molecule has 59 heavy (non-hydrogen) atoms. The number of rotatable bonds is 15. The maximum atomic E-state index is 13.8. The van der Waals surface area contributed by atoms with Crippen molar-refractivity contribution in [1.82, 2.24) is 10.2 Å². The summed E-state index contributed by atoms with van der Waals surface area (Å²) in [6.07, 6.45) is 2.91. The van der Waals surface area contributed by atoms with Gasteiger partial charge < -0.3 is 20.7 Å². The quantitative estimate of drug-likeness (QED) is 0.0697. The van der Waals surface area contributed by atoms with Gasteiger partial charge in [-0.05, 0) is 83.6 Å². The van der Waals surface area contributed by atoms with Gasteiger partial charge in [-0.15, -0.1) is 23.1 Å². The van der Waals surface area contributed by atoms with E-state index < -0.39 is 17.1 Å². The molecule has 1 aliphatic rings. The van der Waals surface area contributed by atoms with E-state index in [4.69, 9.17) is 4.74 Å². The summed E-state index contributed by atoms with van der Waals surface area (Å²) in [4.78, 5) is 45.1. The van der Waals surface area contributed by atoms with Crippen LogP contribution in [0.15, 0.2) is 150 Å². The minimum absolute atomic E-state index is 0.0517. The molecular weight excluding hydrogens is 775 g/mol. The molecule has 3 N–H and O–H groups in total. The number of hydrogen-bond acceptors (Lipinski definition) is 8. The molecule has 0 saturated heterocycles.